The van der Waals surface area contributed by atoms with Crippen LogP contribution in [0.1, 0.15) is 48.4 Å². The highest BCUT2D eigenvalue weighted by molar-refractivity contribution is 6.02. The van der Waals surface area contributed by atoms with E-state index in [1.807, 2.05) is 0 Å². The average molecular weight is 280 g/mol. The average Bonchev–Trinajstić information content (AvgIpc) is 2.30. The fourth-order valence-corrected chi connectivity index (χ4v) is 1.51. The molecule has 4 N–H and O–H groups in total. The minimum atomic E-state index is -0.642. The van der Waals surface area contributed by atoms with Crippen LogP contribution in [0.4, 0.5) is 11.4 Å². The first-order valence-electron chi connectivity index (χ1n) is 6.25. The Morgan fingerprint density at radius 2 is 1.75 bits per heavy atom. The Kier molecular flexibility index (Phi) is 4.60. The van der Waals surface area contributed by atoms with Crippen LogP contribution in [-0.2, 0) is 9.47 Å². The van der Waals surface area contributed by atoms with Gasteiger partial charge in [-0.15, -0.1) is 0 Å². The zero-order valence-corrected chi connectivity index (χ0v) is 12.1. The van der Waals surface area contributed by atoms with E-state index < -0.39 is 17.5 Å². The maximum atomic E-state index is 12.0. The number of hydrogen-bond donors (Lipinski definition) is 2. The second-order valence-corrected chi connectivity index (χ2v) is 5.25. The summed E-state index contributed by atoms with van der Waals surface area (Å²) in [4.78, 5) is 23.8. The lowest BCUT2D eigenvalue weighted by Crippen LogP contribution is -2.24. The summed E-state index contributed by atoms with van der Waals surface area (Å²) in [5.41, 5.74) is 11.3. The van der Waals surface area contributed by atoms with Gasteiger partial charge in [0, 0.05) is 0 Å². The van der Waals surface area contributed by atoms with Crippen LogP contribution in [0, 0.1) is 0 Å². The lowest BCUT2D eigenvalue weighted by atomic mass is 10.1. The fraction of sp³-hybridized carbons (Fsp3) is 0.429. The van der Waals surface area contributed by atoms with E-state index in [1.54, 1.807) is 27.7 Å². The number of carbonyl (C=O) groups excluding carboxylic acids is 2. The monoisotopic (exact) mass is 280 g/mol. The van der Waals surface area contributed by atoms with Gasteiger partial charge in [-0.1, -0.05) is 0 Å². The van der Waals surface area contributed by atoms with Gasteiger partial charge < -0.3 is 20.9 Å². The van der Waals surface area contributed by atoms with Gasteiger partial charge in [-0.3, -0.25) is 0 Å². The molecule has 0 aliphatic carbocycles. The van der Waals surface area contributed by atoms with E-state index in [4.69, 9.17) is 20.9 Å². The van der Waals surface area contributed by atoms with E-state index in [-0.39, 0.29) is 29.1 Å². The largest absolute Gasteiger partial charge is 0.462 e. The van der Waals surface area contributed by atoms with E-state index in [0.717, 1.165) is 0 Å². The molecule has 0 bridgehead atoms. The number of anilines is 2. The second kappa shape index (κ2) is 5.81. The highest BCUT2D eigenvalue weighted by Gasteiger charge is 2.22. The lowest BCUT2D eigenvalue weighted by molar-refractivity contribution is 0.00696. The van der Waals surface area contributed by atoms with Crippen LogP contribution in [-0.4, -0.2) is 24.1 Å². The summed E-state index contributed by atoms with van der Waals surface area (Å²) in [5.74, 6) is -1.20. The third-order valence-electron chi connectivity index (χ3n) is 2.34. The number of nitrogens with two attached hydrogens (primary N) is 2. The Morgan fingerprint density at radius 3 is 2.25 bits per heavy atom. The summed E-state index contributed by atoms with van der Waals surface area (Å²) in [6, 6.07) is 2.71. The zero-order chi connectivity index (χ0) is 15.5. The molecule has 0 radical (unpaired) electrons. The molecule has 0 saturated heterocycles. The molecule has 1 rings (SSSR count). The van der Waals surface area contributed by atoms with Crippen LogP contribution in [0.2, 0.25) is 0 Å². The molecule has 1 aromatic rings. The molecule has 0 fully saturated rings. The van der Waals surface area contributed by atoms with Gasteiger partial charge in [0.25, 0.3) is 0 Å². The van der Waals surface area contributed by atoms with E-state index in [0.29, 0.717) is 0 Å². The normalized spacial score (nSPS) is 11.0. The minimum absolute atomic E-state index is 0.0627. The fourth-order valence-electron chi connectivity index (χ4n) is 1.51. The molecule has 6 nitrogen and oxygen atoms in total. The summed E-state index contributed by atoms with van der Waals surface area (Å²) in [7, 11) is 0. The van der Waals surface area contributed by atoms with Crippen molar-refractivity contribution in [1.29, 1.82) is 0 Å². The van der Waals surface area contributed by atoms with Crippen molar-refractivity contribution < 1.29 is 19.1 Å². The smallest absolute Gasteiger partial charge is 0.340 e. The maximum Gasteiger partial charge on any atom is 0.340 e. The number of ether oxygens (including phenoxy) is 2. The molecule has 0 aliphatic heterocycles. The molecule has 0 unspecified atom stereocenters. The summed E-state index contributed by atoms with van der Waals surface area (Å²) in [6.07, 6.45) is 0. The second-order valence-electron chi connectivity index (χ2n) is 5.25. The molecule has 0 amide bonds. The van der Waals surface area contributed by atoms with Crippen LogP contribution >= 0.6 is 0 Å². The topological polar surface area (TPSA) is 105 Å². The standard InChI is InChI=1S/C14H20N2O4/c1-5-19-13(18)9-6-8(7-10(15)11(9)16)12(17)20-14(2,3)4/h6-7H,5,15-16H2,1-4H3. The third-order valence-corrected chi connectivity index (χ3v) is 2.34. The summed E-state index contributed by atoms with van der Waals surface area (Å²) in [6.45, 7) is 7.12. The van der Waals surface area contributed by atoms with Gasteiger partial charge in [-0.25, -0.2) is 9.59 Å². The number of nitrogen functional groups attached to an aromatic ring is 2. The minimum Gasteiger partial charge on any atom is -0.462 e. The number of esters is 2. The number of hydrogen-bond acceptors (Lipinski definition) is 6. The Hall–Kier alpha value is -2.24. The Bertz CT molecular complexity index is 533. The number of rotatable bonds is 3. The van der Waals surface area contributed by atoms with Gasteiger partial charge in [-0.05, 0) is 39.8 Å². The molecule has 110 valence electrons. The van der Waals surface area contributed by atoms with Gasteiger partial charge in [0.1, 0.15) is 5.60 Å². The van der Waals surface area contributed by atoms with E-state index >= 15 is 0 Å². The SMILES string of the molecule is CCOC(=O)c1cc(C(=O)OC(C)(C)C)cc(N)c1N. The van der Waals surface area contributed by atoms with E-state index in [2.05, 4.69) is 0 Å². The zero-order valence-electron chi connectivity index (χ0n) is 12.1. The maximum absolute atomic E-state index is 12.0. The molecular weight excluding hydrogens is 260 g/mol. The predicted octanol–water partition coefficient (Wildman–Crippen LogP) is 1.98. The Balaban J connectivity index is 3.17. The van der Waals surface area contributed by atoms with Crippen molar-refractivity contribution >= 4 is 23.3 Å². The Labute approximate surface area is 118 Å². The van der Waals surface area contributed by atoms with E-state index in [9.17, 15) is 9.59 Å². The molecule has 0 saturated carbocycles. The lowest BCUT2D eigenvalue weighted by Gasteiger charge is -2.20. The van der Waals surface area contributed by atoms with Crippen LogP contribution in [0.25, 0.3) is 0 Å². The van der Waals surface area contributed by atoms with Crippen molar-refractivity contribution in [2.45, 2.75) is 33.3 Å². The number of carbonyl (C=O) groups is 2. The highest BCUT2D eigenvalue weighted by atomic mass is 16.6. The molecule has 0 aromatic heterocycles. The van der Waals surface area contributed by atoms with Gasteiger partial charge in [0.2, 0.25) is 0 Å². The predicted molar refractivity (Wildman–Crippen MR) is 76.4 cm³/mol. The van der Waals surface area contributed by atoms with Crippen molar-refractivity contribution in [3.63, 3.8) is 0 Å². The van der Waals surface area contributed by atoms with Crippen molar-refractivity contribution in [1.82, 2.24) is 0 Å². The van der Waals surface area contributed by atoms with Crippen LogP contribution in [0.3, 0.4) is 0 Å². The molecule has 20 heavy (non-hydrogen) atoms. The summed E-state index contributed by atoms with van der Waals surface area (Å²) >= 11 is 0. The van der Waals surface area contributed by atoms with Gasteiger partial charge in [0.15, 0.2) is 0 Å². The van der Waals surface area contributed by atoms with Crippen molar-refractivity contribution in [2.75, 3.05) is 18.1 Å². The van der Waals surface area contributed by atoms with Crippen molar-refractivity contribution in [3.8, 4) is 0 Å². The first-order valence-corrected chi connectivity index (χ1v) is 6.25. The molecule has 1 aromatic carbocycles. The molecule has 0 spiro atoms. The van der Waals surface area contributed by atoms with Crippen molar-refractivity contribution in [2.24, 2.45) is 0 Å². The van der Waals surface area contributed by atoms with Crippen molar-refractivity contribution in [3.05, 3.63) is 23.3 Å². The molecule has 0 heterocycles. The highest BCUT2D eigenvalue weighted by Crippen LogP contribution is 2.24. The third kappa shape index (κ3) is 3.88. The molecule has 6 heteroatoms. The van der Waals surface area contributed by atoms with Gasteiger partial charge in [0.05, 0.1) is 29.1 Å². The van der Waals surface area contributed by atoms with Crippen LogP contribution in [0.15, 0.2) is 12.1 Å². The van der Waals surface area contributed by atoms with E-state index in [1.165, 1.54) is 12.1 Å². The molecule has 0 atom stereocenters. The summed E-state index contributed by atoms with van der Waals surface area (Å²) in [5, 5.41) is 0. The number of benzene rings is 1. The molecule has 0 aliphatic rings. The van der Waals surface area contributed by atoms with Gasteiger partial charge >= 0.3 is 11.9 Å². The molecular formula is C14H20N2O4. The summed E-state index contributed by atoms with van der Waals surface area (Å²) < 4.78 is 10.1. The first kappa shape index (κ1) is 15.8. The quantitative estimate of drug-likeness (QED) is 0.648. The van der Waals surface area contributed by atoms with Crippen LogP contribution < -0.4 is 11.5 Å². The Morgan fingerprint density at radius 1 is 1.15 bits per heavy atom. The van der Waals surface area contributed by atoms with Gasteiger partial charge in [-0.2, -0.15) is 0 Å². The first-order chi connectivity index (χ1) is 9.15. The van der Waals surface area contributed by atoms with Crippen LogP contribution in [0.5, 0.6) is 0 Å².